The van der Waals surface area contributed by atoms with Crippen LogP contribution in [0.5, 0.6) is 0 Å². The van der Waals surface area contributed by atoms with Gasteiger partial charge >= 0.3 is 29.6 Å². The number of hydrazone groups is 1. The molecule has 0 radical (unpaired) electrons. The van der Waals surface area contributed by atoms with E-state index in [1.54, 1.807) is 0 Å². The van der Waals surface area contributed by atoms with Crippen molar-refractivity contribution >= 4 is 59.1 Å². The molecule has 0 amide bonds. The molecule has 1 heterocycles. The van der Waals surface area contributed by atoms with Crippen LogP contribution in [0.1, 0.15) is 0 Å². The molecule has 0 bridgehead atoms. The first kappa shape index (κ1) is 10.6. The summed E-state index contributed by atoms with van der Waals surface area (Å²) >= 11 is 10.7. The summed E-state index contributed by atoms with van der Waals surface area (Å²) in [6, 6.07) is 0. The Bertz CT molecular complexity index is 173. The van der Waals surface area contributed by atoms with Gasteiger partial charge in [0.15, 0.2) is 0 Å². The van der Waals surface area contributed by atoms with Gasteiger partial charge in [0.1, 0.15) is 0 Å². The zero-order valence-corrected chi connectivity index (χ0v) is 5.71. The van der Waals surface area contributed by atoms with E-state index in [-0.39, 0.29) is 29.6 Å². The van der Waals surface area contributed by atoms with E-state index < -0.39 is 0 Å². The molecule has 1 N–H and O–H groups in total. The average Bonchev–Trinajstić information content (AvgIpc) is 1.80. The average molecular weight is 192 g/mol. The molecule has 0 aliphatic carbocycles. The SMILES string of the molecule is ON1N=CC(Cl)=CN1Cl.[NaH]. The van der Waals surface area contributed by atoms with Crippen molar-refractivity contribution in [3.63, 3.8) is 0 Å². The molecule has 1 aliphatic rings. The van der Waals surface area contributed by atoms with E-state index in [9.17, 15) is 0 Å². The van der Waals surface area contributed by atoms with Gasteiger partial charge in [-0.1, -0.05) is 16.9 Å². The predicted molar refractivity (Wildman–Crippen MR) is 40.9 cm³/mol. The number of hydrogen-bond acceptors (Lipinski definition) is 4. The zero-order valence-electron chi connectivity index (χ0n) is 4.20. The number of halogens is 2. The Balaban J connectivity index is 0.000000810. The molecule has 4 nitrogen and oxygen atoms in total. The van der Waals surface area contributed by atoms with Gasteiger partial charge in [-0.2, -0.15) is 4.53 Å². The topological polar surface area (TPSA) is 39.1 Å². The fourth-order valence-electron chi connectivity index (χ4n) is 0.343. The second-order valence-corrected chi connectivity index (χ2v) is 2.10. The molecular weight excluding hydrogens is 188 g/mol. The first-order valence-corrected chi connectivity index (χ1v) is 2.77. The molecule has 1 rings (SSSR count). The Labute approximate surface area is 90.0 Å². The maximum atomic E-state index is 8.62. The summed E-state index contributed by atoms with van der Waals surface area (Å²) in [4.78, 5) is 0. The van der Waals surface area contributed by atoms with Crippen LogP contribution in [0.3, 0.4) is 0 Å². The Kier molecular flexibility index (Phi) is 4.68. The molecule has 0 aromatic rings. The number of hydrogen-bond donors (Lipinski definition) is 1. The van der Waals surface area contributed by atoms with Crippen LogP contribution in [0.2, 0.25) is 0 Å². The van der Waals surface area contributed by atoms with E-state index in [1.165, 1.54) is 12.4 Å². The van der Waals surface area contributed by atoms with E-state index in [4.69, 9.17) is 28.6 Å². The first-order chi connectivity index (χ1) is 4.20. The number of hydrazine groups is 1. The number of allylic oxidation sites excluding steroid dienone is 1. The normalized spacial score (nSPS) is 16.5. The maximum absolute atomic E-state index is 8.62. The van der Waals surface area contributed by atoms with Crippen molar-refractivity contribution in [2.75, 3.05) is 0 Å². The summed E-state index contributed by atoms with van der Waals surface area (Å²) in [5, 5.41) is 12.8. The molecule has 10 heavy (non-hydrogen) atoms. The third-order valence-electron chi connectivity index (χ3n) is 0.685. The van der Waals surface area contributed by atoms with Crippen LogP contribution in [0.25, 0.3) is 0 Å². The molecule has 0 atom stereocenters. The van der Waals surface area contributed by atoms with Crippen LogP contribution in [-0.4, -0.2) is 50.8 Å². The van der Waals surface area contributed by atoms with Crippen LogP contribution in [-0.2, 0) is 0 Å². The summed E-state index contributed by atoms with van der Waals surface area (Å²) in [5.74, 6) is 0. The summed E-state index contributed by atoms with van der Waals surface area (Å²) in [7, 11) is 0. The Morgan fingerprint density at radius 3 is 2.60 bits per heavy atom. The standard InChI is InChI=1S/C3H3Cl2N3O.Na.H/c4-3-1-6-8(9)7(5)2-3;;/h1-2,9H;;. The van der Waals surface area contributed by atoms with Gasteiger partial charge in [0, 0.05) is 11.8 Å². The number of nitrogens with zero attached hydrogens (tertiary/aromatic N) is 3. The molecule has 0 aromatic heterocycles. The molecule has 0 fully saturated rings. The fourth-order valence-corrected chi connectivity index (χ4v) is 0.673. The van der Waals surface area contributed by atoms with E-state index in [1.807, 2.05) is 0 Å². The van der Waals surface area contributed by atoms with Gasteiger partial charge in [-0.05, 0) is 0 Å². The van der Waals surface area contributed by atoms with Crippen molar-refractivity contribution in [1.82, 2.24) is 9.81 Å². The zero-order chi connectivity index (χ0) is 6.85. The van der Waals surface area contributed by atoms with Gasteiger partial charge in [-0.25, -0.2) is 0 Å². The van der Waals surface area contributed by atoms with Crippen LogP contribution in [0, 0.1) is 0 Å². The second kappa shape index (κ2) is 4.43. The molecular formula is C3H4Cl2N3NaO. The predicted octanol–water partition coefficient (Wildman–Crippen LogP) is 0.480. The second-order valence-electron chi connectivity index (χ2n) is 1.32. The van der Waals surface area contributed by atoms with E-state index >= 15 is 0 Å². The van der Waals surface area contributed by atoms with Crippen LogP contribution >= 0.6 is 23.4 Å². The van der Waals surface area contributed by atoms with Crippen molar-refractivity contribution < 1.29 is 5.21 Å². The van der Waals surface area contributed by atoms with Crippen molar-refractivity contribution in [3.8, 4) is 0 Å². The van der Waals surface area contributed by atoms with Gasteiger partial charge in [-0.3, -0.25) is 5.21 Å². The van der Waals surface area contributed by atoms with Gasteiger partial charge < -0.3 is 0 Å². The van der Waals surface area contributed by atoms with E-state index in [2.05, 4.69) is 5.10 Å². The van der Waals surface area contributed by atoms with Crippen LogP contribution in [0.4, 0.5) is 0 Å². The minimum absolute atomic E-state index is 0. The third kappa shape index (κ3) is 2.65. The van der Waals surface area contributed by atoms with Gasteiger partial charge in [0.25, 0.3) is 0 Å². The summed E-state index contributed by atoms with van der Waals surface area (Å²) in [5.41, 5.74) is 0. The third-order valence-corrected chi connectivity index (χ3v) is 1.11. The van der Waals surface area contributed by atoms with Crippen LogP contribution in [0.15, 0.2) is 16.3 Å². The van der Waals surface area contributed by atoms with Crippen molar-refractivity contribution in [2.45, 2.75) is 0 Å². The van der Waals surface area contributed by atoms with Crippen molar-refractivity contribution in [2.24, 2.45) is 5.10 Å². The molecule has 0 aromatic carbocycles. The Morgan fingerprint density at radius 1 is 1.60 bits per heavy atom. The van der Waals surface area contributed by atoms with Crippen molar-refractivity contribution in [3.05, 3.63) is 11.2 Å². The first-order valence-electron chi connectivity index (χ1n) is 2.05. The molecule has 7 heteroatoms. The fraction of sp³-hybridized carbons (Fsp3) is 0. The summed E-state index contributed by atoms with van der Waals surface area (Å²) < 4.78 is 0.822. The molecule has 0 unspecified atom stereocenters. The molecule has 0 saturated carbocycles. The Hall–Kier alpha value is 0.550. The Morgan fingerprint density at radius 2 is 2.20 bits per heavy atom. The molecule has 0 saturated heterocycles. The van der Waals surface area contributed by atoms with Crippen molar-refractivity contribution in [1.29, 1.82) is 0 Å². The quantitative estimate of drug-likeness (QED) is 0.448. The minimum atomic E-state index is 0. The summed E-state index contributed by atoms with van der Waals surface area (Å²) in [6.07, 6.45) is 2.57. The van der Waals surface area contributed by atoms with E-state index in [0.29, 0.717) is 10.3 Å². The van der Waals surface area contributed by atoms with Gasteiger partial charge in [-0.15, -0.1) is 5.10 Å². The van der Waals surface area contributed by atoms with E-state index in [0.717, 1.165) is 4.53 Å². The number of rotatable bonds is 0. The van der Waals surface area contributed by atoms with Gasteiger partial charge in [0.05, 0.1) is 17.4 Å². The van der Waals surface area contributed by atoms with Gasteiger partial charge in [0.2, 0.25) is 0 Å². The van der Waals surface area contributed by atoms with Crippen LogP contribution < -0.4 is 0 Å². The monoisotopic (exact) mass is 191 g/mol. The molecule has 1 aliphatic heterocycles. The summed E-state index contributed by atoms with van der Waals surface area (Å²) in [6.45, 7) is 0. The molecule has 0 spiro atoms. The molecule has 52 valence electrons.